The quantitative estimate of drug-likeness (QED) is 0.772. The Morgan fingerprint density at radius 2 is 1.69 bits per heavy atom. The van der Waals surface area contributed by atoms with Crippen molar-refractivity contribution in [1.82, 2.24) is 0 Å². The summed E-state index contributed by atoms with van der Waals surface area (Å²) in [7, 11) is 0. The van der Waals surface area contributed by atoms with E-state index in [9.17, 15) is 5.11 Å². The van der Waals surface area contributed by atoms with Gasteiger partial charge in [0, 0.05) is 12.0 Å². The van der Waals surface area contributed by atoms with Crippen LogP contribution >= 0.6 is 0 Å². The zero-order chi connectivity index (χ0) is 11.8. The molecule has 2 aliphatic carbocycles. The van der Waals surface area contributed by atoms with Crippen LogP contribution in [-0.4, -0.2) is 17.8 Å². The fourth-order valence-electron chi connectivity index (χ4n) is 3.41. The Hall–Kier alpha value is -0.0800. The molecule has 2 aliphatic rings. The number of aliphatic hydroxyl groups is 1. The summed E-state index contributed by atoms with van der Waals surface area (Å²) in [6, 6.07) is 0. The smallest absolute Gasteiger partial charge is 0.0636 e. The van der Waals surface area contributed by atoms with Crippen molar-refractivity contribution < 1.29 is 5.11 Å². The van der Waals surface area contributed by atoms with Gasteiger partial charge in [-0.3, -0.25) is 0 Å². The second-order valence-corrected chi connectivity index (χ2v) is 6.43. The average molecular weight is 225 g/mol. The van der Waals surface area contributed by atoms with Crippen molar-refractivity contribution in [3.63, 3.8) is 0 Å². The Kier molecular flexibility index (Phi) is 3.60. The first kappa shape index (κ1) is 12.4. The first-order valence-corrected chi connectivity index (χ1v) is 6.97. The molecule has 3 N–H and O–H groups in total. The van der Waals surface area contributed by atoms with E-state index < -0.39 is 0 Å². The van der Waals surface area contributed by atoms with Gasteiger partial charge in [-0.15, -0.1) is 0 Å². The molecule has 0 saturated heterocycles. The lowest BCUT2D eigenvalue weighted by Gasteiger charge is -2.44. The van der Waals surface area contributed by atoms with Crippen LogP contribution in [0.2, 0.25) is 0 Å². The molecule has 2 rings (SSSR count). The third-order valence-electron chi connectivity index (χ3n) is 5.07. The molecule has 0 radical (unpaired) electrons. The van der Waals surface area contributed by atoms with E-state index in [0.717, 1.165) is 24.7 Å². The summed E-state index contributed by atoms with van der Waals surface area (Å²) in [5, 5.41) is 10.4. The van der Waals surface area contributed by atoms with Crippen LogP contribution in [0.3, 0.4) is 0 Å². The normalized spacial score (nSPS) is 37.7. The second kappa shape index (κ2) is 4.66. The van der Waals surface area contributed by atoms with Gasteiger partial charge in [-0.25, -0.2) is 0 Å². The van der Waals surface area contributed by atoms with Gasteiger partial charge in [-0.05, 0) is 56.3 Å². The van der Waals surface area contributed by atoms with Crippen LogP contribution in [0.15, 0.2) is 0 Å². The van der Waals surface area contributed by atoms with Gasteiger partial charge in [0.1, 0.15) is 0 Å². The molecular formula is C14H27NO. The standard InChI is InChI=1S/C14H27NO/c1-10(2)11-5-7-14(9-15,8-6-11)13(16)12-3-4-12/h10-13,16H,3-9,15H2,1-2H3. The van der Waals surface area contributed by atoms with E-state index in [2.05, 4.69) is 13.8 Å². The Labute approximate surface area is 99.6 Å². The van der Waals surface area contributed by atoms with Gasteiger partial charge >= 0.3 is 0 Å². The van der Waals surface area contributed by atoms with Crippen molar-refractivity contribution in [2.45, 2.75) is 58.5 Å². The lowest BCUT2D eigenvalue weighted by atomic mass is 9.64. The molecular weight excluding hydrogens is 198 g/mol. The summed E-state index contributed by atoms with van der Waals surface area (Å²) in [5.41, 5.74) is 6.03. The van der Waals surface area contributed by atoms with Crippen LogP contribution < -0.4 is 5.73 Å². The van der Waals surface area contributed by atoms with Crippen molar-refractivity contribution in [3.05, 3.63) is 0 Å². The summed E-state index contributed by atoms with van der Waals surface area (Å²) < 4.78 is 0. The van der Waals surface area contributed by atoms with Crippen LogP contribution in [0.4, 0.5) is 0 Å². The number of rotatable bonds is 4. The Morgan fingerprint density at radius 1 is 1.12 bits per heavy atom. The molecule has 0 spiro atoms. The first-order chi connectivity index (χ1) is 7.59. The van der Waals surface area contributed by atoms with E-state index in [1.165, 1.54) is 25.7 Å². The average Bonchev–Trinajstić information content (AvgIpc) is 3.12. The van der Waals surface area contributed by atoms with E-state index >= 15 is 0 Å². The minimum atomic E-state index is -0.120. The van der Waals surface area contributed by atoms with Gasteiger partial charge in [-0.1, -0.05) is 13.8 Å². The first-order valence-electron chi connectivity index (χ1n) is 6.97. The molecule has 0 bridgehead atoms. The number of nitrogens with two attached hydrogens (primary N) is 1. The van der Waals surface area contributed by atoms with Gasteiger partial charge in [0.25, 0.3) is 0 Å². The number of hydrogen-bond acceptors (Lipinski definition) is 2. The maximum Gasteiger partial charge on any atom is 0.0636 e. The van der Waals surface area contributed by atoms with Crippen molar-refractivity contribution in [3.8, 4) is 0 Å². The highest BCUT2D eigenvalue weighted by Gasteiger charge is 2.46. The van der Waals surface area contributed by atoms with Crippen molar-refractivity contribution >= 4 is 0 Å². The number of aliphatic hydroxyl groups excluding tert-OH is 1. The molecule has 0 aromatic heterocycles. The summed E-state index contributed by atoms with van der Waals surface area (Å²) >= 11 is 0. The Morgan fingerprint density at radius 3 is 2.06 bits per heavy atom. The predicted octanol–water partition coefficient (Wildman–Crippen LogP) is 2.55. The van der Waals surface area contributed by atoms with E-state index in [1.807, 2.05) is 0 Å². The van der Waals surface area contributed by atoms with E-state index in [1.54, 1.807) is 0 Å². The van der Waals surface area contributed by atoms with Gasteiger partial charge in [0.2, 0.25) is 0 Å². The lowest BCUT2D eigenvalue weighted by Crippen LogP contribution is -2.46. The predicted molar refractivity (Wildman–Crippen MR) is 67.0 cm³/mol. The zero-order valence-electron chi connectivity index (χ0n) is 10.8. The van der Waals surface area contributed by atoms with E-state index in [0.29, 0.717) is 12.5 Å². The van der Waals surface area contributed by atoms with Crippen LogP contribution in [0.1, 0.15) is 52.4 Å². The SMILES string of the molecule is CC(C)C1CCC(CN)(C(O)C2CC2)CC1. The van der Waals surface area contributed by atoms with Crippen LogP contribution in [0.5, 0.6) is 0 Å². The molecule has 1 unspecified atom stereocenters. The fourth-order valence-corrected chi connectivity index (χ4v) is 3.41. The maximum absolute atomic E-state index is 10.4. The molecule has 2 saturated carbocycles. The topological polar surface area (TPSA) is 46.2 Å². The summed E-state index contributed by atoms with van der Waals surface area (Å²) in [4.78, 5) is 0. The monoisotopic (exact) mass is 225 g/mol. The van der Waals surface area contributed by atoms with Crippen LogP contribution in [0.25, 0.3) is 0 Å². The minimum Gasteiger partial charge on any atom is -0.392 e. The van der Waals surface area contributed by atoms with Gasteiger partial charge < -0.3 is 10.8 Å². The van der Waals surface area contributed by atoms with Crippen molar-refractivity contribution in [2.24, 2.45) is 28.9 Å². The van der Waals surface area contributed by atoms with Gasteiger partial charge in [-0.2, -0.15) is 0 Å². The van der Waals surface area contributed by atoms with E-state index in [4.69, 9.17) is 5.73 Å². The van der Waals surface area contributed by atoms with Crippen molar-refractivity contribution in [1.29, 1.82) is 0 Å². The summed E-state index contributed by atoms with van der Waals surface area (Å²) in [5.74, 6) is 2.21. The summed E-state index contributed by atoms with van der Waals surface area (Å²) in [6.07, 6.45) is 7.13. The molecule has 0 aliphatic heterocycles. The minimum absolute atomic E-state index is 0.0621. The zero-order valence-corrected chi connectivity index (χ0v) is 10.8. The molecule has 94 valence electrons. The Bertz CT molecular complexity index is 227. The second-order valence-electron chi connectivity index (χ2n) is 6.43. The van der Waals surface area contributed by atoms with Gasteiger partial charge in [0.05, 0.1) is 6.10 Å². The lowest BCUT2D eigenvalue weighted by molar-refractivity contribution is -0.0259. The molecule has 2 fully saturated rings. The summed E-state index contributed by atoms with van der Waals surface area (Å²) in [6.45, 7) is 5.31. The maximum atomic E-state index is 10.4. The van der Waals surface area contributed by atoms with Crippen molar-refractivity contribution in [2.75, 3.05) is 6.54 Å². The molecule has 1 atom stereocenters. The molecule has 2 heteroatoms. The molecule has 0 heterocycles. The molecule has 0 aromatic rings. The highest BCUT2D eigenvalue weighted by molar-refractivity contribution is 4.98. The Balaban J connectivity index is 1.96. The van der Waals surface area contributed by atoms with Crippen LogP contribution in [-0.2, 0) is 0 Å². The number of hydrogen-bond donors (Lipinski definition) is 2. The highest BCUT2D eigenvalue weighted by Crippen LogP contribution is 2.49. The van der Waals surface area contributed by atoms with Gasteiger partial charge in [0.15, 0.2) is 0 Å². The molecule has 0 aromatic carbocycles. The van der Waals surface area contributed by atoms with E-state index in [-0.39, 0.29) is 11.5 Å². The molecule has 16 heavy (non-hydrogen) atoms. The highest BCUT2D eigenvalue weighted by atomic mass is 16.3. The molecule has 2 nitrogen and oxygen atoms in total. The molecule has 0 amide bonds. The van der Waals surface area contributed by atoms with Crippen LogP contribution in [0, 0.1) is 23.2 Å². The third kappa shape index (κ3) is 2.28. The largest absolute Gasteiger partial charge is 0.392 e. The third-order valence-corrected chi connectivity index (χ3v) is 5.07. The fraction of sp³-hybridized carbons (Fsp3) is 1.00.